The first-order chi connectivity index (χ1) is 13.3. The molecule has 0 radical (unpaired) electrons. The number of carbonyl (C=O) groups excluding carboxylic acids is 1. The second kappa shape index (κ2) is 9.91. The highest BCUT2D eigenvalue weighted by molar-refractivity contribution is 7.92. The molecule has 2 aromatic rings. The van der Waals surface area contributed by atoms with Crippen molar-refractivity contribution >= 4 is 33.2 Å². The van der Waals surface area contributed by atoms with Crippen molar-refractivity contribution < 1.29 is 13.2 Å². The molecule has 8 heteroatoms. The quantitative estimate of drug-likeness (QED) is 0.646. The lowest BCUT2D eigenvalue weighted by molar-refractivity contribution is 0.0936. The summed E-state index contributed by atoms with van der Waals surface area (Å²) >= 11 is 6.39. The van der Waals surface area contributed by atoms with E-state index in [2.05, 4.69) is 28.8 Å². The van der Waals surface area contributed by atoms with Gasteiger partial charge in [0, 0.05) is 11.6 Å². The molecule has 0 bridgehead atoms. The minimum Gasteiger partial charge on any atom is -0.350 e. The van der Waals surface area contributed by atoms with E-state index in [-0.39, 0.29) is 23.2 Å². The van der Waals surface area contributed by atoms with Crippen molar-refractivity contribution in [2.45, 2.75) is 19.9 Å². The molecule has 0 aliphatic heterocycles. The highest BCUT2D eigenvalue weighted by atomic mass is 35.5. The van der Waals surface area contributed by atoms with E-state index in [4.69, 9.17) is 11.6 Å². The van der Waals surface area contributed by atoms with E-state index in [0.29, 0.717) is 11.6 Å². The predicted octanol–water partition coefficient (Wildman–Crippen LogP) is 3.52. The second-order valence-electron chi connectivity index (χ2n) is 6.39. The van der Waals surface area contributed by atoms with E-state index in [0.717, 1.165) is 24.9 Å². The van der Waals surface area contributed by atoms with Gasteiger partial charge < -0.3 is 5.32 Å². The fraction of sp³-hybridized carbons (Fsp3) is 0.350. The van der Waals surface area contributed by atoms with Gasteiger partial charge >= 0.3 is 0 Å². The van der Waals surface area contributed by atoms with E-state index in [1.165, 1.54) is 0 Å². The van der Waals surface area contributed by atoms with Gasteiger partial charge in [-0.2, -0.15) is 0 Å². The van der Waals surface area contributed by atoms with Gasteiger partial charge in [0.2, 0.25) is 10.0 Å². The zero-order valence-electron chi connectivity index (χ0n) is 16.3. The van der Waals surface area contributed by atoms with Gasteiger partial charge in [0.15, 0.2) is 0 Å². The Balaban J connectivity index is 2.24. The first kappa shape index (κ1) is 22.2. The molecule has 0 heterocycles. The van der Waals surface area contributed by atoms with Gasteiger partial charge in [-0.25, -0.2) is 8.42 Å². The molecule has 0 saturated carbocycles. The number of sulfonamides is 1. The maximum Gasteiger partial charge on any atom is 0.253 e. The van der Waals surface area contributed by atoms with E-state index >= 15 is 0 Å². The number of anilines is 1. The van der Waals surface area contributed by atoms with Crippen molar-refractivity contribution in [2.24, 2.45) is 0 Å². The normalized spacial score (nSPS) is 12.6. The van der Waals surface area contributed by atoms with Crippen molar-refractivity contribution in [3.05, 3.63) is 64.7 Å². The Labute approximate surface area is 171 Å². The van der Waals surface area contributed by atoms with E-state index in [1.807, 2.05) is 24.3 Å². The molecule has 2 rings (SSSR count). The van der Waals surface area contributed by atoms with Crippen LogP contribution in [0.15, 0.2) is 48.5 Å². The van der Waals surface area contributed by atoms with Crippen LogP contribution in [0.25, 0.3) is 0 Å². The number of halogens is 1. The predicted molar refractivity (Wildman–Crippen MR) is 114 cm³/mol. The molecule has 0 aliphatic rings. The fourth-order valence-electron chi connectivity index (χ4n) is 3.10. The van der Waals surface area contributed by atoms with Gasteiger partial charge in [-0.3, -0.25) is 14.4 Å². The summed E-state index contributed by atoms with van der Waals surface area (Å²) in [6.45, 7) is 6.06. The van der Waals surface area contributed by atoms with Gasteiger partial charge in [-0.1, -0.05) is 55.8 Å². The van der Waals surface area contributed by atoms with Crippen LogP contribution in [0.2, 0.25) is 5.02 Å². The number of hydrogen-bond acceptors (Lipinski definition) is 4. The lowest BCUT2D eigenvalue weighted by atomic mass is 10.0. The topological polar surface area (TPSA) is 78.5 Å². The van der Waals surface area contributed by atoms with Crippen molar-refractivity contribution in [1.29, 1.82) is 0 Å². The number of carbonyl (C=O) groups is 1. The van der Waals surface area contributed by atoms with Crippen LogP contribution >= 0.6 is 11.6 Å². The third-order valence-corrected chi connectivity index (χ3v) is 5.38. The largest absolute Gasteiger partial charge is 0.350 e. The summed E-state index contributed by atoms with van der Waals surface area (Å²) in [4.78, 5) is 15.0. The smallest absolute Gasteiger partial charge is 0.253 e. The van der Waals surface area contributed by atoms with E-state index in [1.54, 1.807) is 24.3 Å². The summed E-state index contributed by atoms with van der Waals surface area (Å²) in [5, 5.41) is 3.57. The van der Waals surface area contributed by atoms with Crippen molar-refractivity contribution in [3.63, 3.8) is 0 Å². The Morgan fingerprint density at radius 2 is 1.68 bits per heavy atom. The molecule has 0 aliphatic carbocycles. The van der Waals surface area contributed by atoms with Crippen LogP contribution in [-0.4, -0.2) is 45.1 Å². The first-order valence-corrected chi connectivity index (χ1v) is 11.4. The molecule has 0 saturated heterocycles. The van der Waals surface area contributed by atoms with Gasteiger partial charge in [0.25, 0.3) is 5.91 Å². The summed E-state index contributed by atoms with van der Waals surface area (Å²) in [6, 6.07) is 14.0. The lowest BCUT2D eigenvalue weighted by Gasteiger charge is -2.31. The van der Waals surface area contributed by atoms with E-state index < -0.39 is 10.0 Å². The molecule has 0 aromatic heterocycles. The number of rotatable bonds is 9. The van der Waals surface area contributed by atoms with E-state index in [9.17, 15) is 13.2 Å². The lowest BCUT2D eigenvalue weighted by Crippen LogP contribution is -2.38. The standard InChI is InChI=1S/C20H26ClN3O3S/c1-4-24(5-2)19(15-10-6-8-12-17(15)21)14-22-20(25)16-11-7-9-13-18(16)23-28(3,26)27/h6-13,19,23H,4-5,14H2,1-3H3,(H,22,25). The molecular weight excluding hydrogens is 398 g/mol. The van der Waals surface area contributed by atoms with Gasteiger partial charge in [-0.15, -0.1) is 0 Å². The number of benzene rings is 2. The average Bonchev–Trinajstić information content (AvgIpc) is 2.65. The van der Waals surface area contributed by atoms with Crippen molar-refractivity contribution in [2.75, 3.05) is 30.6 Å². The van der Waals surface area contributed by atoms with Crippen LogP contribution < -0.4 is 10.0 Å². The Morgan fingerprint density at radius 3 is 2.29 bits per heavy atom. The molecule has 28 heavy (non-hydrogen) atoms. The summed E-state index contributed by atoms with van der Waals surface area (Å²) in [5.41, 5.74) is 1.46. The number of likely N-dealkylation sites (N-methyl/N-ethyl adjacent to an activating group) is 1. The number of hydrogen-bond donors (Lipinski definition) is 2. The molecule has 0 spiro atoms. The summed E-state index contributed by atoms with van der Waals surface area (Å²) in [5.74, 6) is -0.351. The van der Waals surface area contributed by atoms with Crippen LogP contribution in [0.4, 0.5) is 5.69 Å². The maximum absolute atomic E-state index is 12.8. The Morgan fingerprint density at radius 1 is 1.07 bits per heavy atom. The van der Waals surface area contributed by atoms with Crippen LogP contribution in [0, 0.1) is 0 Å². The maximum atomic E-state index is 12.8. The van der Waals surface area contributed by atoms with Crippen molar-refractivity contribution in [1.82, 2.24) is 10.2 Å². The molecule has 2 N–H and O–H groups in total. The summed E-state index contributed by atoms with van der Waals surface area (Å²) in [7, 11) is -3.49. The molecule has 1 amide bonds. The summed E-state index contributed by atoms with van der Waals surface area (Å²) in [6.07, 6.45) is 1.05. The second-order valence-corrected chi connectivity index (χ2v) is 8.54. The molecule has 6 nitrogen and oxygen atoms in total. The van der Waals surface area contributed by atoms with Gasteiger partial charge in [0.05, 0.1) is 23.5 Å². The molecule has 1 unspecified atom stereocenters. The zero-order valence-corrected chi connectivity index (χ0v) is 17.8. The zero-order chi connectivity index (χ0) is 20.7. The van der Waals surface area contributed by atoms with Crippen LogP contribution in [0.1, 0.15) is 35.8 Å². The fourth-order valence-corrected chi connectivity index (χ4v) is 3.94. The highest BCUT2D eigenvalue weighted by Gasteiger charge is 2.22. The average molecular weight is 424 g/mol. The minimum absolute atomic E-state index is 0.0947. The Hall–Kier alpha value is -2.09. The van der Waals surface area contributed by atoms with Gasteiger partial charge in [-0.05, 0) is 36.9 Å². The first-order valence-electron chi connectivity index (χ1n) is 9.10. The number of nitrogens with one attached hydrogen (secondary N) is 2. The van der Waals surface area contributed by atoms with Crippen LogP contribution in [-0.2, 0) is 10.0 Å². The number of para-hydroxylation sites is 1. The molecule has 2 aromatic carbocycles. The minimum atomic E-state index is -3.49. The molecule has 1 atom stereocenters. The monoisotopic (exact) mass is 423 g/mol. The van der Waals surface area contributed by atoms with Crippen molar-refractivity contribution in [3.8, 4) is 0 Å². The molecule has 152 valence electrons. The summed E-state index contributed by atoms with van der Waals surface area (Å²) < 4.78 is 25.5. The number of nitrogens with zero attached hydrogens (tertiary/aromatic N) is 1. The SMILES string of the molecule is CCN(CC)C(CNC(=O)c1ccccc1NS(C)(=O)=O)c1ccccc1Cl. The number of amides is 1. The third kappa shape index (κ3) is 5.95. The molecule has 0 fully saturated rings. The van der Waals surface area contributed by atoms with Crippen LogP contribution in [0.5, 0.6) is 0 Å². The van der Waals surface area contributed by atoms with Crippen LogP contribution in [0.3, 0.4) is 0 Å². The third-order valence-electron chi connectivity index (χ3n) is 4.44. The molecular formula is C20H26ClN3O3S. The van der Waals surface area contributed by atoms with Gasteiger partial charge in [0.1, 0.15) is 0 Å². The highest BCUT2D eigenvalue weighted by Crippen LogP contribution is 2.27. The Kier molecular flexibility index (Phi) is 7.86. The Bertz CT molecular complexity index is 914.